The van der Waals surface area contributed by atoms with E-state index in [0.717, 1.165) is 0 Å². The fourth-order valence-corrected chi connectivity index (χ4v) is 1.70. The maximum absolute atomic E-state index is 11.7. The van der Waals surface area contributed by atoms with Gasteiger partial charge in [-0.2, -0.15) is 4.98 Å². The second-order valence-electron chi connectivity index (χ2n) is 4.14. The van der Waals surface area contributed by atoms with Crippen LogP contribution < -0.4 is 16.2 Å². The Morgan fingerprint density at radius 1 is 1.45 bits per heavy atom. The molecule has 7 nitrogen and oxygen atoms in total. The van der Waals surface area contributed by atoms with Crippen molar-refractivity contribution < 1.29 is 14.6 Å². The Hall–Kier alpha value is -2.83. The number of ether oxygens (including phenoxy) is 1. The van der Waals surface area contributed by atoms with Crippen molar-refractivity contribution in [2.45, 2.75) is 6.92 Å². The van der Waals surface area contributed by atoms with Gasteiger partial charge in [0.25, 0.3) is 0 Å². The largest absolute Gasteiger partial charge is 0.482 e. The van der Waals surface area contributed by atoms with Crippen LogP contribution in [-0.2, 0) is 4.79 Å². The van der Waals surface area contributed by atoms with Crippen molar-refractivity contribution in [1.29, 1.82) is 0 Å². The molecule has 1 heterocycles. The third-order valence-electron chi connectivity index (χ3n) is 2.61. The van der Waals surface area contributed by atoms with Gasteiger partial charge in [-0.25, -0.2) is 9.59 Å². The molecule has 0 fully saturated rings. The van der Waals surface area contributed by atoms with Gasteiger partial charge in [0.05, 0.1) is 5.69 Å². The first-order chi connectivity index (χ1) is 9.47. The summed E-state index contributed by atoms with van der Waals surface area (Å²) < 4.78 is 6.45. The number of aryl methyl sites for hydroxylation is 1. The van der Waals surface area contributed by atoms with E-state index in [2.05, 4.69) is 4.98 Å². The first kappa shape index (κ1) is 13.6. The molecule has 0 aliphatic rings. The van der Waals surface area contributed by atoms with Gasteiger partial charge in [0.15, 0.2) is 6.61 Å². The van der Waals surface area contributed by atoms with E-state index < -0.39 is 18.3 Å². The molecular formula is C13H13N3O4. The SMILES string of the molecule is Cc1cc(-n2ccc(N)nc2=O)ccc1OCC(=O)O. The Morgan fingerprint density at radius 3 is 2.80 bits per heavy atom. The van der Waals surface area contributed by atoms with Gasteiger partial charge in [0.1, 0.15) is 11.6 Å². The average molecular weight is 275 g/mol. The lowest BCUT2D eigenvalue weighted by Gasteiger charge is -2.10. The number of carbonyl (C=O) groups is 1. The second kappa shape index (κ2) is 5.43. The molecule has 0 bridgehead atoms. The highest BCUT2D eigenvalue weighted by Gasteiger charge is 2.06. The zero-order chi connectivity index (χ0) is 14.7. The lowest BCUT2D eigenvalue weighted by atomic mass is 10.2. The molecule has 0 saturated heterocycles. The van der Waals surface area contributed by atoms with Gasteiger partial charge in [-0.1, -0.05) is 0 Å². The Balaban J connectivity index is 2.33. The van der Waals surface area contributed by atoms with Crippen molar-refractivity contribution in [3.63, 3.8) is 0 Å². The third kappa shape index (κ3) is 2.94. The van der Waals surface area contributed by atoms with E-state index >= 15 is 0 Å². The highest BCUT2D eigenvalue weighted by molar-refractivity contribution is 5.68. The van der Waals surface area contributed by atoms with Crippen LogP contribution in [0.2, 0.25) is 0 Å². The third-order valence-corrected chi connectivity index (χ3v) is 2.61. The monoisotopic (exact) mass is 275 g/mol. The minimum absolute atomic E-state index is 0.157. The van der Waals surface area contributed by atoms with Crippen LogP contribution in [0.25, 0.3) is 5.69 Å². The normalized spacial score (nSPS) is 10.2. The molecule has 0 aliphatic carbocycles. The predicted molar refractivity (Wildman–Crippen MR) is 72.1 cm³/mol. The standard InChI is InChI=1S/C13H13N3O4/c1-8-6-9(2-3-10(8)20-7-12(17)18)16-5-4-11(14)15-13(16)19/h2-6H,7H2,1H3,(H,17,18)(H2,14,15,19). The van der Waals surface area contributed by atoms with Gasteiger partial charge in [-0.05, 0) is 36.8 Å². The van der Waals surface area contributed by atoms with Crippen molar-refractivity contribution >= 4 is 11.8 Å². The number of aliphatic carboxylic acids is 1. The molecule has 1 aromatic heterocycles. The first-order valence-corrected chi connectivity index (χ1v) is 5.78. The maximum Gasteiger partial charge on any atom is 0.354 e. The Kier molecular flexibility index (Phi) is 3.69. The number of carboxylic acid groups (broad SMARTS) is 1. The van der Waals surface area contributed by atoms with Gasteiger partial charge in [0.2, 0.25) is 0 Å². The number of aromatic nitrogens is 2. The van der Waals surface area contributed by atoms with Crippen molar-refractivity contribution in [3.8, 4) is 11.4 Å². The Bertz CT molecular complexity index is 709. The van der Waals surface area contributed by atoms with Crippen LogP contribution in [0, 0.1) is 6.92 Å². The molecule has 0 radical (unpaired) electrons. The fraction of sp³-hybridized carbons (Fsp3) is 0.154. The van der Waals surface area contributed by atoms with Crippen LogP contribution in [-0.4, -0.2) is 27.2 Å². The highest BCUT2D eigenvalue weighted by atomic mass is 16.5. The van der Waals surface area contributed by atoms with E-state index in [1.54, 1.807) is 25.1 Å². The molecule has 0 spiro atoms. The summed E-state index contributed by atoms with van der Waals surface area (Å²) in [5.74, 6) is -0.440. The van der Waals surface area contributed by atoms with Gasteiger partial charge >= 0.3 is 11.7 Å². The van der Waals surface area contributed by atoms with Crippen molar-refractivity contribution in [3.05, 3.63) is 46.5 Å². The smallest absolute Gasteiger partial charge is 0.354 e. The fourth-order valence-electron chi connectivity index (χ4n) is 1.70. The number of benzene rings is 1. The summed E-state index contributed by atoms with van der Waals surface area (Å²) in [6.07, 6.45) is 1.53. The molecule has 0 unspecified atom stereocenters. The van der Waals surface area contributed by atoms with Crippen LogP contribution in [0.3, 0.4) is 0 Å². The molecule has 3 N–H and O–H groups in total. The zero-order valence-corrected chi connectivity index (χ0v) is 10.7. The van der Waals surface area contributed by atoms with Gasteiger partial charge < -0.3 is 15.6 Å². The summed E-state index contributed by atoms with van der Waals surface area (Å²) in [4.78, 5) is 25.8. The van der Waals surface area contributed by atoms with Gasteiger partial charge in [-0.15, -0.1) is 0 Å². The minimum atomic E-state index is -1.05. The second-order valence-corrected chi connectivity index (χ2v) is 4.14. The van der Waals surface area contributed by atoms with Crippen LogP contribution in [0.5, 0.6) is 5.75 Å². The molecular weight excluding hydrogens is 262 g/mol. The molecule has 0 atom stereocenters. The summed E-state index contributed by atoms with van der Waals surface area (Å²) >= 11 is 0. The average Bonchev–Trinajstić information content (AvgIpc) is 2.37. The van der Waals surface area contributed by atoms with Crippen molar-refractivity contribution in [1.82, 2.24) is 9.55 Å². The van der Waals surface area contributed by atoms with E-state index in [1.165, 1.54) is 16.8 Å². The topological polar surface area (TPSA) is 107 Å². The number of nitrogens with two attached hydrogens (primary N) is 1. The number of nitrogen functional groups attached to an aromatic ring is 1. The number of hydrogen-bond donors (Lipinski definition) is 2. The van der Waals surface area contributed by atoms with Crippen molar-refractivity contribution in [2.75, 3.05) is 12.3 Å². The summed E-state index contributed by atoms with van der Waals surface area (Å²) in [7, 11) is 0. The molecule has 2 rings (SSSR count). The number of hydrogen-bond acceptors (Lipinski definition) is 5. The molecule has 7 heteroatoms. The number of anilines is 1. The quantitative estimate of drug-likeness (QED) is 0.845. The van der Waals surface area contributed by atoms with Gasteiger partial charge in [-0.3, -0.25) is 4.57 Å². The van der Waals surface area contributed by atoms with Crippen LogP contribution in [0.4, 0.5) is 5.82 Å². The zero-order valence-electron chi connectivity index (χ0n) is 10.7. The molecule has 0 aliphatic heterocycles. The molecule has 0 saturated carbocycles. The van der Waals surface area contributed by atoms with Crippen LogP contribution >= 0.6 is 0 Å². The van der Waals surface area contributed by atoms with Crippen LogP contribution in [0.15, 0.2) is 35.3 Å². The number of carboxylic acids is 1. The number of nitrogens with zero attached hydrogens (tertiary/aromatic N) is 2. The molecule has 2 aromatic rings. The Labute approximate surface area is 114 Å². The molecule has 20 heavy (non-hydrogen) atoms. The van der Waals surface area contributed by atoms with E-state index in [0.29, 0.717) is 17.0 Å². The van der Waals surface area contributed by atoms with Gasteiger partial charge in [0, 0.05) is 6.20 Å². The van der Waals surface area contributed by atoms with E-state index in [1.807, 2.05) is 0 Å². The summed E-state index contributed by atoms with van der Waals surface area (Å²) in [5, 5.41) is 8.57. The summed E-state index contributed by atoms with van der Waals surface area (Å²) in [6.45, 7) is 1.35. The lowest BCUT2D eigenvalue weighted by Crippen LogP contribution is -2.21. The predicted octanol–water partition coefficient (Wildman–Crippen LogP) is 0.587. The minimum Gasteiger partial charge on any atom is -0.482 e. The molecule has 0 amide bonds. The maximum atomic E-state index is 11.7. The highest BCUT2D eigenvalue weighted by Crippen LogP contribution is 2.20. The van der Waals surface area contributed by atoms with Crippen molar-refractivity contribution in [2.24, 2.45) is 0 Å². The van der Waals surface area contributed by atoms with Crippen LogP contribution in [0.1, 0.15) is 5.56 Å². The van der Waals surface area contributed by atoms with E-state index in [4.69, 9.17) is 15.6 Å². The van der Waals surface area contributed by atoms with E-state index in [9.17, 15) is 9.59 Å². The van der Waals surface area contributed by atoms with E-state index in [-0.39, 0.29) is 5.82 Å². The summed E-state index contributed by atoms with van der Waals surface area (Å²) in [5.41, 5.74) is 6.26. The first-order valence-electron chi connectivity index (χ1n) is 5.78. The molecule has 104 valence electrons. The number of rotatable bonds is 4. The Morgan fingerprint density at radius 2 is 2.20 bits per heavy atom. The molecule has 1 aromatic carbocycles. The summed E-state index contributed by atoms with van der Waals surface area (Å²) in [6, 6.07) is 6.47. The lowest BCUT2D eigenvalue weighted by molar-refractivity contribution is -0.139.